The molecule has 0 aliphatic heterocycles. The number of hydrogen-bond donors (Lipinski definition) is 1. The molecule has 3 aromatic rings. The molecule has 5 nitrogen and oxygen atoms in total. The zero-order valence-electron chi connectivity index (χ0n) is 15.4. The van der Waals surface area contributed by atoms with E-state index in [1.807, 2.05) is 0 Å². The number of nitrogens with one attached hydrogen (secondary N) is 1. The molecule has 1 N–H and O–H groups in total. The number of carbonyl (C=O) groups is 1. The van der Waals surface area contributed by atoms with E-state index in [9.17, 15) is 35.9 Å². The lowest BCUT2D eigenvalue weighted by Crippen LogP contribution is -2.19. The molecule has 1 aromatic carbocycles. The number of hydrogen-bond acceptors (Lipinski definition) is 4. The van der Waals surface area contributed by atoms with Gasteiger partial charge in [0, 0.05) is 12.2 Å². The van der Waals surface area contributed by atoms with Crippen LogP contribution in [0, 0.1) is 6.92 Å². The topological polar surface area (TPSA) is 64.0 Å². The van der Waals surface area contributed by atoms with Crippen molar-refractivity contribution < 1.29 is 31.1 Å². The predicted octanol–water partition coefficient (Wildman–Crippen LogP) is 5.08. The second kappa shape index (κ2) is 7.42. The first-order valence-electron chi connectivity index (χ1n) is 8.42. The molecule has 0 atom stereocenters. The summed E-state index contributed by atoms with van der Waals surface area (Å²) in [5.41, 5.74) is -3.91. The molecule has 0 fully saturated rings. The number of thiophene rings is 1. The third-order valence-electron chi connectivity index (χ3n) is 4.31. The number of aromatic nitrogens is 2. The molecule has 12 heteroatoms. The Balaban J connectivity index is 2.05. The van der Waals surface area contributed by atoms with Gasteiger partial charge in [-0.1, -0.05) is 0 Å². The van der Waals surface area contributed by atoms with Crippen molar-refractivity contribution in [2.24, 2.45) is 0 Å². The highest BCUT2D eigenvalue weighted by atomic mass is 32.1. The fourth-order valence-electron chi connectivity index (χ4n) is 2.82. The van der Waals surface area contributed by atoms with Crippen molar-refractivity contribution in [3.8, 4) is 0 Å². The first kappa shape index (κ1) is 21.8. The van der Waals surface area contributed by atoms with Gasteiger partial charge in [-0.2, -0.15) is 26.3 Å². The van der Waals surface area contributed by atoms with Crippen LogP contribution in [0.1, 0.15) is 33.3 Å². The van der Waals surface area contributed by atoms with E-state index in [-0.39, 0.29) is 26.7 Å². The molecule has 3 rings (SSSR count). The molecule has 0 bridgehead atoms. The van der Waals surface area contributed by atoms with Gasteiger partial charge in [-0.25, -0.2) is 4.98 Å². The van der Waals surface area contributed by atoms with Gasteiger partial charge in [-0.15, -0.1) is 11.3 Å². The minimum atomic E-state index is -5.04. The molecule has 0 spiro atoms. The fraction of sp³-hybridized carbons (Fsp3) is 0.278. The van der Waals surface area contributed by atoms with Gasteiger partial charge in [0.15, 0.2) is 0 Å². The number of aryl methyl sites for hydroxylation is 2. The number of anilines is 1. The molecule has 0 aliphatic carbocycles. The van der Waals surface area contributed by atoms with E-state index in [4.69, 9.17) is 0 Å². The molecule has 0 saturated carbocycles. The lowest BCUT2D eigenvalue weighted by atomic mass is 10.1. The summed E-state index contributed by atoms with van der Waals surface area (Å²) in [4.78, 5) is 29.3. The Morgan fingerprint density at radius 3 is 2.17 bits per heavy atom. The molecule has 0 unspecified atom stereocenters. The van der Waals surface area contributed by atoms with Gasteiger partial charge in [-0.05, 0) is 37.6 Å². The second-order valence-electron chi connectivity index (χ2n) is 6.32. The highest BCUT2D eigenvalue weighted by Gasteiger charge is 2.37. The summed E-state index contributed by atoms with van der Waals surface area (Å²) in [7, 11) is 0. The van der Waals surface area contributed by atoms with E-state index in [1.165, 1.54) is 17.8 Å². The average Bonchev–Trinajstić information content (AvgIpc) is 2.98. The number of fused-ring (bicyclic) bond motifs is 1. The van der Waals surface area contributed by atoms with Crippen LogP contribution in [0.15, 0.2) is 29.3 Å². The highest BCUT2D eigenvalue weighted by Crippen LogP contribution is 2.38. The Kier molecular flexibility index (Phi) is 5.39. The summed E-state index contributed by atoms with van der Waals surface area (Å²) in [6.07, 6.45) is -8.78. The maximum absolute atomic E-state index is 13.0. The summed E-state index contributed by atoms with van der Waals surface area (Å²) in [6.45, 7) is 3.52. The number of benzene rings is 1. The SMILES string of the molecule is CCn1cnc2sc(C(=O)Nc3cc(C(F)(F)F)cc(C(F)(F)F)c3)c(C)c2c1=O. The second-order valence-corrected chi connectivity index (χ2v) is 7.32. The Bertz CT molecular complexity index is 1160. The van der Waals surface area contributed by atoms with Crippen molar-refractivity contribution in [1.82, 2.24) is 9.55 Å². The molecule has 160 valence electrons. The van der Waals surface area contributed by atoms with E-state index in [1.54, 1.807) is 6.92 Å². The quantitative estimate of drug-likeness (QED) is 0.568. The van der Waals surface area contributed by atoms with Gasteiger partial charge in [0.1, 0.15) is 4.83 Å². The van der Waals surface area contributed by atoms with Gasteiger partial charge >= 0.3 is 12.4 Å². The summed E-state index contributed by atoms with van der Waals surface area (Å²) < 4.78 is 79.3. The molecule has 2 heterocycles. The minimum absolute atomic E-state index is 0.0303. The van der Waals surface area contributed by atoms with Crippen molar-refractivity contribution in [3.63, 3.8) is 0 Å². The summed E-state index contributed by atoms with van der Waals surface area (Å²) in [6, 6.07) is 0.799. The van der Waals surface area contributed by atoms with Crippen molar-refractivity contribution >= 4 is 33.1 Å². The standard InChI is InChI=1S/C18H13F6N3O2S/c1-3-27-7-25-15-12(16(27)29)8(2)13(30-15)14(28)26-11-5-9(17(19,20)21)4-10(6-11)18(22,23)24/h4-7H,3H2,1-2H3,(H,26,28). The van der Waals surface area contributed by atoms with Crippen LogP contribution < -0.4 is 10.9 Å². The number of carbonyl (C=O) groups excluding carboxylic acids is 1. The van der Waals surface area contributed by atoms with Crippen LogP contribution in [0.3, 0.4) is 0 Å². The molecule has 1 amide bonds. The lowest BCUT2D eigenvalue weighted by molar-refractivity contribution is -0.143. The van der Waals surface area contributed by atoms with Gasteiger partial charge < -0.3 is 5.32 Å². The van der Waals surface area contributed by atoms with E-state index in [0.29, 0.717) is 18.7 Å². The maximum Gasteiger partial charge on any atom is 0.416 e. The Morgan fingerprint density at radius 2 is 1.67 bits per heavy atom. The number of halogens is 6. The number of alkyl halides is 6. The molecule has 0 saturated heterocycles. The Labute approximate surface area is 169 Å². The first-order valence-corrected chi connectivity index (χ1v) is 9.24. The Morgan fingerprint density at radius 1 is 1.10 bits per heavy atom. The van der Waals surface area contributed by atoms with Crippen LogP contribution in [0.2, 0.25) is 0 Å². The third-order valence-corrected chi connectivity index (χ3v) is 5.51. The van der Waals surface area contributed by atoms with Gasteiger partial charge in [0.05, 0.1) is 27.7 Å². The normalized spacial score (nSPS) is 12.4. The van der Waals surface area contributed by atoms with Crippen molar-refractivity contribution in [1.29, 1.82) is 0 Å². The fourth-order valence-corrected chi connectivity index (χ4v) is 3.85. The average molecular weight is 449 g/mol. The van der Waals surface area contributed by atoms with Crippen LogP contribution in [0.4, 0.5) is 32.0 Å². The third kappa shape index (κ3) is 4.04. The zero-order chi connectivity index (χ0) is 22.4. The lowest BCUT2D eigenvalue weighted by Gasteiger charge is -2.14. The maximum atomic E-state index is 13.0. The number of nitrogens with zero attached hydrogens (tertiary/aromatic N) is 2. The van der Waals surface area contributed by atoms with Gasteiger partial charge in [-0.3, -0.25) is 14.2 Å². The van der Waals surface area contributed by atoms with E-state index >= 15 is 0 Å². The van der Waals surface area contributed by atoms with E-state index in [2.05, 4.69) is 10.3 Å². The monoisotopic (exact) mass is 449 g/mol. The van der Waals surface area contributed by atoms with Crippen LogP contribution in [0.5, 0.6) is 0 Å². The molecule has 0 aliphatic rings. The van der Waals surface area contributed by atoms with Gasteiger partial charge in [0.25, 0.3) is 11.5 Å². The highest BCUT2D eigenvalue weighted by molar-refractivity contribution is 7.20. The van der Waals surface area contributed by atoms with Crippen LogP contribution in [-0.2, 0) is 18.9 Å². The zero-order valence-corrected chi connectivity index (χ0v) is 16.2. The first-order chi connectivity index (χ1) is 13.8. The number of amides is 1. The smallest absolute Gasteiger partial charge is 0.321 e. The molecule has 0 radical (unpaired) electrons. The molecule has 2 aromatic heterocycles. The van der Waals surface area contributed by atoms with E-state index in [0.717, 1.165) is 11.3 Å². The van der Waals surface area contributed by atoms with Crippen LogP contribution in [-0.4, -0.2) is 15.5 Å². The van der Waals surface area contributed by atoms with E-state index < -0.39 is 40.6 Å². The largest absolute Gasteiger partial charge is 0.416 e. The van der Waals surface area contributed by atoms with Gasteiger partial charge in [0.2, 0.25) is 0 Å². The minimum Gasteiger partial charge on any atom is -0.321 e. The molecule has 30 heavy (non-hydrogen) atoms. The van der Waals surface area contributed by atoms with Crippen LogP contribution in [0.25, 0.3) is 10.2 Å². The van der Waals surface area contributed by atoms with Crippen molar-refractivity contribution in [3.05, 3.63) is 56.4 Å². The van der Waals surface area contributed by atoms with Crippen molar-refractivity contribution in [2.75, 3.05) is 5.32 Å². The molecular formula is C18H13F6N3O2S. The number of rotatable bonds is 3. The summed E-state index contributed by atoms with van der Waals surface area (Å²) in [5, 5.41) is 2.24. The predicted molar refractivity (Wildman–Crippen MR) is 98.7 cm³/mol. The van der Waals surface area contributed by atoms with Crippen LogP contribution >= 0.6 is 11.3 Å². The Hall–Kier alpha value is -2.89. The summed E-state index contributed by atoms with van der Waals surface area (Å²) >= 11 is 0.823. The van der Waals surface area contributed by atoms with Crippen molar-refractivity contribution in [2.45, 2.75) is 32.7 Å². The molecular weight excluding hydrogens is 436 g/mol. The summed E-state index contributed by atoms with van der Waals surface area (Å²) in [5.74, 6) is -0.939.